The first-order chi connectivity index (χ1) is 10.2. The minimum atomic E-state index is 0.609. The molecule has 0 atom stereocenters. The zero-order valence-electron chi connectivity index (χ0n) is 14.3. The first kappa shape index (κ1) is 16.5. The number of nitrogens with one attached hydrogen (secondary N) is 1. The Kier molecular flexibility index (Phi) is 6.29. The van der Waals surface area contributed by atoms with Gasteiger partial charge >= 0.3 is 0 Å². The van der Waals surface area contributed by atoms with Crippen LogP contribution in [0.2, 0.25) is 0 Å². The van der Waals surface area contributed by atoms with Gasteiger partial charge in [-0.25, -0.2) is 0 Å². The van der Waals surface area contributed by atoms with Gasteiger partial charge in [-0.2, -0.15) is 0 Å². The van der Waals surface area contributed by atoms with Gasteiger partial charge in [-0.1, -0.05) is 57.4 Å². The van der Waals surface area contributed by atoms with Crippen LogP contribution in [0.5, 0.6) is 0 Å². The van der Waals surface area contributed by atoms with Crippen molar-refractivity contribution in [3.8, 4) is 0 Å². The molecule has 0 saturated heterocycles. The molecule has 2 rings (SSSR count). The maximum Gasteiger partial charge on any atom is -0.00466 e. The molecule has 0 aromatic heterocycles. The maximum absolute atomic E-state index is 3.36. The lowest BCUT2D eigenvalue weighted by atomic mass is 9.68. The van der Waals surface area contributed by atoms with E-state index in [1.54, 1.807) is 0 Å². The summed E-state index contributed by atoms with van der Waals surface area (Å²) in [6, 6.07) is 9.34. The topological polar surface area (TPSA) is 12.0 Å². The summed E-state index contributed by atoms with van der Waals surface area (Å²) in [5.74, 6) is 0.638. The first-order valence-corrected chi connectivity index (χ1v) is 8.89. The number of benzene rings is 1. The quantitative estimate of drug-likeness (QED) is 0.717. The van der Waals surface area contributed by atoms with Crippen molar-refractivity contribution < 1.29 is 0 Å². The van der Waals surface area contributed by atoms with Gasteiger partial charge in [0.1, 0.15) is 0 Å². The van der Waals surface area contributed by atoms with Crippen LogP contribution in [0, 0.1) is 5.41 Å². The summed E-state index contributed by atoms with van der Waals surface area (Å²) in [6.07, 6.45) is 11.2. The van der Waals surface area contributed by atoms with Crippen LogP contribution in [0.4, 0.5) is 0 Å². The largest absolute Gasteiger partial charge is 0.320 e. The van der Waals surface area contributed by atoms with Crippen molar-refractivity contribution in [3.63, 3.8) is 0 Å². The van der Waals surface area contributed by atoms with Gasteiger partial charge in [0, 0.05) is 0 Å². The molecule has 0 aliphatic heterocycles. The molecule has 1 aliphatic carbocycles. The van der Waals surface area contributed by atoms with Gasteiger partial charge in [-0.3, -0.25) is 0 Å². The molecule has 0 heterocycles. The molecular formula is C20H33N. The van der Waals surface area contributed by atoms with E-state index in [0.29, 0.717) is 11.3 Å². The minimum absolute atomic E-state index is 0.609. The van der Waals surface area contributed by atoms with Gasteiger partial charge in [0.25, 0.3) is 0 Å². The van der Waals surface area contributed by atoms with Crippen LogP contribution in [-0.2, 0) is 6.42 Å². The van der Waals surface area contributed by atoms with E-state index in [9.17, 15) is 0 Å². The number of aryl methyl sites for hydroxylation is 1. The maximum atomic E-state index is 3.36. The van der Waals surface area contributed by atoms with Crippen molar-refractivity contribution in [1.82, 2.24) is 5.32 Å². The Morgan fingerprint density at radius 3 is 2.24 bits per heavy atom. The summed E-state index contributed by atoms with van der Waals surface area (Å²) in [5.41, 5.74) is 3.59. The van der Waals surface area contributed by atoms with Gasteiger partial charge in [0.2, 0.25) is 0 Å². The zero-order valence-corrected chi connectivity index (χ0v) is 14.3. The number of hydrogen-bond donors (Lipinski definition) is 1. The molecule has 1 heteroatoms. The van der Waals surface area contributed by atoms with E-state index in [4.69, 9.17) is 0 Å². The second kappa shape index (κ2) is 7.98. The predicted octanol–water partition coefficient (Wildman–Crippen LogP) is 5.30. The minimum Gasteiger partial charge on any atom is -0.320 e. The molecule has 1 N–H and O–H groups in total. The standard InChI is InChI=1S/C20H33N/c1-17(2)19-9-7-18(8-10-19)11-14-20(15-16-21-3)12-5-4-6-13-20/h7-10,17,21H,4-6,11-16H2,1-3H3. The lowest BCUT2D eigenvalue weighted by Gasteiger charge is -2.38. The number of hydrogen-bond acceptors (Lipinski definition) is 1. The summed E-state index contributed by atoms with van der Waals surface area (Å²) in [5, 5.41) is 3.36. The van der Waals surface area contributed by atoms with Crippen LogP contribution in [0.15, 0.2) is 24.3 Å². The van der Waals surface area contributed by atoms with Crippen LogP contribution in [0.3, 0.4) is 0 Å². The van der Waals surface area contributed by atoms with Crippen molar-refractivity contribution >= 4 is 0 Å². The normalized spacial score (nSPS) is 18.1. The smallest absolute Gasteiger partial charge is 0.00466 e. The van der Waals surface area contributed by atoms with E-state index in [1.165, 1.54) is 69.0 Å². The molecule has 1 aromatic rings. The SMILES string of the molecule is CNCCC1(CCc2ccc(C(C)C)cc2)CCCCC1. The lowest BCUT2D eigenvalue weighted by molar-refractivity contribution is 0.157. The third kappa shape index (κ3) is 4.85. The summed E-state index contributed by atoms with van der Waals surface area (Å²) in [4.78, 5) is 0. The Hall–Kier alpha value is -0.820. The molecule has 118 valence electrons. The zero-order chi connectivity index (χ0) is 15.1. The molecule has 0 amide bonds. The highest BCUT2D eigenvalue weighted by molar-refractivity contribution is 5.24. The highest BCUT2D eigenvalue weighted by atomic mass is 14.8. The van der Waals surface area contributed by atoms with Crippen LogP contribution in [0.1, 0.15) is 75.8 Å². The van der Waals surface area contributed by atoms with Crippen LogP contribution in [0.25, 0.3) is 0 Å². The summed E-state index contributed by atoms with van der Waals surface area (Å²) < 4.78 is 0. The van der Waals surface area contributed by atoms with Crippen LogP contribution >= 0.6 is 0 Å². The van der Waals surface area contributed by atoms with Crippen molar-refractivity contribution in [1.29, 1.82) is 0 Å². The molecule has 1 aliphatic rings. The molecule has 0 spiro atoms. The average Bonchev–Trinajstić information content (AvgIpc) is 2.52. The lowest BCUT2D eigenvalue weighted by Crippen LogP contribution is -2.28. The van der Waals surface area contributed by atoms with Gasteiger partial charge < -0.3 is 5.32 Å². The molecule has 1 saturated carbocycles. The molecular weight excluding hydrogens is 254 g/mol. The van der Waals surface area contributed by atoms with E-state index in [-0.39, 0.29) is 0 Å². The van der Waals surface area contributed by atoms with Gasteiger partial charge in [-0.05, 0) is 68.2 Å². The summed E-state index contributed by atoms with van der Waals surface area (Å²) in [6.45, 7) is 5.71. The summed E-state index contributed by atoms with van der Waals surface area (Å²) >= 11 is 0. The van der Waals surface area contributed by atoms with Gasteiger partial charge in [0.15, 0.2) is 0 Å². The van der Waals surface area contributed by atoms with E-state index < -0.39 is 0 Å². The monoisotopic (exact) mass is 287 g/mol. The molecule has 0 unspecified atom stereocenters. The Morgan fingerprint density at radius 2 is 1.67 bits per heavy atom. The fraction of sp³-hybridized carbons (Fsp3) is 0.700. The molecule has 1 aromatic carbocycles. The van der Waals surface area contributed by atoms with Crippen molar-refractivity contribution in [2.75, 3.05) is 13.6 Å². The predicted molar refractivity (Wildman–Crippen MR) is 92.9 cm³/mol. The van der Waals surface area contributed by atoms with Gasteiger partial charge in [0.05, 0.1) is 0 Å². The van der Waals surface area contributed by atoms with Gasteiger partial charge in [-0.15, -0.1) is 0 Å². The van der Waals surface area contributed by atoms with Crippen molar-refractivity contribution in [2.45, 2.75) is 71.1 Å². The second-order valence-corrected chi connectivity index (χ2v) is 7.31. The third-order valence-corrected chi connectivity index (χ3v) is 5.41. The van der Waals surface area contributed by atoms with E-state index in [1.807, 2.05) is 0 Å². The molecule has 1 fully saturated rings. The highest BCUT2D eigenvalue weighted by Crippen LogP contribution is 2.42. The summed E-state index contributed by atoms with van der Waals surface area (Å²) in [7, 11) is 2.08. The van der Waals surface area contributed by atoms with Crippen LogP contribution in [-0.4, -0.2) is 13.6 Å². The Morgan fingerprint density at radius 1 is 1.00 bits per heavy atom. The first-order valence-electron chi connectivity index (χ1n) is 8.89. The fourth-order valence-electron chi connectivity index (χ4n) is 3.80. The van der Waals surface area contributed by atoms with Crippen LogP contribution < -0.4 is 5.32 Å². The van der Waals surface area contributed by atoms with Crippen molar-refractivity contribution in [2.24, 2.45) is 5.41 Å². The second-order valence-electron chi connectivity index (χ2n) is 7.31. The fourth-order valence-corrected chi connectivity index (χ4v) is 3.80. The van der Waals surface area contributed by atoms with E-state index >= 15 is 0 Å². The molecule has 21 heavy (non-hydrogen) atoms. The third-order valence-electron chi connectivity index (χ3n) is 5.41. The van der Waals surface area contributed by atoms with E-state index in [2.05, 4.69) is 50.5 Å². The Bertz CT molecular complexity index is 398. The van der Waals surface area contributed by atoms with Crippen molar-refractivity contribution in [3.05, 3.63) is 35.4 Å². The molecule has 1 nitrogen and oxygen atoms in total. The average molecular weight is 287 g/mol. The highest BCUT2D eigenvalue weighted by Gasteiger charge is 2.30. The molecule has 0 bridgehead atoms. The molecule has 0 radical (unpaired) electrons. The Balaban J connectivity index is 1.94. The number of rotatable bonds is 7. The Labute approximate surface area is 131 Å². The van der Waals surface area contributed by atoms with E-state index in [0.717, 1.165) is 0 Å².